The largest absolute Gasteiger partial charge is 0.0775 e. The molecule has 1 heteroatoms. The van der Waals surface area contributed by atoms with Gasteiger partial charge in [0.05, 0.1) is 0 Å². The molecule has 0 atom stereocenters. The van der Waals surface area contributed by atoms with Crippen LogP contribution in [0.4, 0.5) is 0 Å². The summed E-state index contributed by atoms with van der Waals surface area (Å²) in [5.41, 5.74) is 1.01. The maximum atomic E-state index is 2.94. The van der Waals surface area contributed by atoms with Gasteiger partial charge in [0.1, 0.15) is 0 Å². The molecule has 1 aromatic carbocycles. The first kappa shape index (κ1) is 8.78. The maximum absolute atomic E-state index is 2.94. The van der Waals surface area contributed by atoms with E-state index in [2.05, 4.69) is 23.0 Å². The van der Waals surface area contributed by atoms with Crippen molar-refractivity contribution in [1.29, 1.82) is 0 Å². The lowest BCUT2D eigenvalue weighted by Crippen LogP contribution is -1.68. The Balaban J connectivity index is 2.67. The molecular formula is C11H8S. The third kappa shape index (κ3) is 3.19. The van der Waals surface area contributed by atoms with Crippen LogP contribution in [0.1, 0.15) is 5.56 Å². The van der Waals surface area contributed by atoms with Crippen LogP contribution in [0, 0.1) is 23.0 Å². The van der Waals surface area contributed by atoms with Crippen LogP contribution in [0.5, 0.6) is 0 Å². The minimum atomic E-state index is 1.01. The fourth-order valence-corrected chi connectivity index (χ4v) is 0.855. The van der Waals surface area contributed by atoms with E-state index < -0.39 is 0 Å². The fraction of sp³-hybridized carbons (Fsp3) is 0.0909. The lowest BCUT2D eigenvalue weighted by Gasteiger charge is -1.83. The zero-order valence-electron chi connectivity index (χ0n) is 6.79. The molecular weight excluding hydrogens is 164 g/mol. The Labute approximate surface area is 77.4 Å². The van der Waals surface area contributed by atoms with E-state index in [0.29, 0.717) is 0 Å². The second kappa shape index (κ2) is 5.35. The summed E-state index contributed by atoms with van der Waals surface area (Å²) in [6.07, 6.45) is 1.93. The van der Waals surface area contributed by atoms with Crippen molar-refractivity contribution in [3.63, 3.8) is 0 Å². The van der Waals surface area contributed by atoms with E-state index in [1.807, 2.05) is 36.6 Å². The van der Waals surface area contributed by atoms with Crippen molar-refractivity contribution < 1.29 is 0 Å². The molecule has 0 spiro atoms. The topological polar surface area (TPSA) is 0 Å². The Hall–Kier alpha value is -1.31. The first-order valence-electron chi connectivity index (χ1n) is 3.52. The molecule has 0 radical (unpaired) electrons. The molecule has 0 nitrogen and oxygen atoms in total. The standard InChI is InChI=1S/C11H8S/c1-12-10-6-5-9-11-7-3-2-4-8-11/h2-4,7-8H,1H3. The van der Waals surface area contributed by atoms with Crippen molar-refractivity contribution in [2.24, 2.45) is 0 Å². The van der Waals surface area contributed by atoms with Crippen LogP contribution in [0.2, 0.25) is 0 Å². The molecule has 0 aliphatic heterocycles. The van der Waals surface area contributed by atoms with Crippen molar-refractivity contribution in [1.82, 2.24) is 0 Å². The minimum Gasteiger partial charge on any atom is -0.0775 e. The first-order chi connectivity index (χ1) is 5.93. The Bertz CT molecular complexity index is 343. The molecule has 0 unspecified atom stereocenters. The van der Waals surface area contributed by atoms with Crippen LogP contribution >= 0.6 is 11.8 Å². The van der Waals surface area contributed by atoms with E-state index in [0.717, 1.165) is 5.56 Å². The average molecular weight is 172 g/mol. The summed E-state index contributed by atoms with van der Waals surface area (Å²) in [4.78, 5) is 0. The SMILES string of the molecule is CSC#CC#Cc1ccccc1. The Morgan fingerprint density at radius 1 is 1.08 bits per heavy atom. The number of hydrogen-bond donors (Lipinski definition) is 0. The van der Waals surface area contributed by atoms with E-state index in [1.165, 1.54) is 11.8 Å². The highest BCUT2D eigenvalue weighted by atomic mass is 32.2. The molecule has 0 aromatic heterocycles. The smallest absolute Gasteiger partial charge is 0.0255 e. The summed E-state index contributed by atoms with van der Waals surface area (Å²) < 4.78 is 0. The van der Waals surface area contributed by atoms with Gasteiger partial charge in [0.25, 0.3) is 0 Å². The van der Waals surface area contributed by atoms with Crippen LogP contribution in [-0.2, 0) is 0 Å². The quantitative estimate of drug-likeness (QED) is 0.541. The highest BCUT2D eigenvalue weighted by molar-refractivity contribution is 8.03. The summed E-state index contributed by atoms with van der Waals surface area (Å²) in [5.74, 6) is 8.45. The van der Waals surface area contributed by atoms with Gasteiger partial charge < -0.3 is 0 Å². The van der Waals surface area contributed by atoms with Crippen molar-refractivity contribution >= 4 is 11.8 Å². The molecule has 1 aromatic rings. The van der Waals surface area contributed by atoms with E-state index in [1.54, 1.807) is 0 Å². The zero-order chi connectivity index (χ0) is 8.65. The molecule has 0 aliphatic rings. The molecule has 0 saturated heterocycles. The third-order valence-corrected chi connectivity index (χ3v) is 1.50. The van der Waals surface area contributed by atoms with Gasteiger partial charge in [-0.25, -0.2) is 0 Å². The highest BCUT2D eigenvalue weighted by Gasteiger charge is 1.78. The summed E-state index contributed by atoms with van der Waals surface area (Å²) in [5, 5.41) is 2.81. The lowest BCUT2D eigenvalue weighted by molar-refractivity contribution is 1.65. The molecule has 0 heterocycles. The molecule has 0 bridgehead atoms. The molecule has 12 heavy (non-hydrogen) atoms. The number of hydrogen-bond acceptors (Lipinski definition) is 1. The van der Waals surface area contributed by atoms with Gasteiger partial charge >= 0.3 is 0 Å². The van der Waals surface area contributed by atoms with Gasteiger partial charge in [-0.15, -0.1) is 0 Å². The Morgan fingerprint density at radius 2 is 1.83 bits per heavy atom. The molecule has 0 aliphatic carbocycles. The van der Waals surface area contributed by atoms with E-state index in [-0.39, 0.29) is 0 Å². The normalized spacial score (nSPS) is 7.42. The molecule has 1 rings (SSSR count). The molecule has 0 N–H and O–H groups in total. The Kier molecular flexibility index (Phi) is 3.92. The van der Waals surface area contributed by atoms with Gasteiger partial charge in [0.2, 0.25) is 0 Å². The summed E-state index contributed by atoms with van der Waals surface area (Å²) >= 11 is 1.47. The monoisotopic (exact) mass is 172 g/mol. The highest BCUT2D eigenvalue weighted by Crippen LogP contribution is 1.94. The van der Waals surface area contributed by atoms with Gasteiger partial charge in [0.15, 0.2) is 0 Å². The van der Waals surface area contributed by atoms with E-state index in [4.69, 9.17) is 0 Å². The molecule has 58 valence electrons. The predicted octanol–water partition coefficient (Wildman–Crippen LogP) is 2.36. The van der Waals surface area contributed by atoms with Crippen molar-refractivity contribution in [3.05, 3.63) is 35.9 Å². The fourth-order valence-electron chi connectivity index (χ4n) is 0.701. The van der Waals surface area contributed by atoms with E-state index in [9.17, 15) is 0 Å². The van der Waals surface area contributed by atoms with Gasteiger partial charge in [0, 0.05) is 5.56 Å². The first-order valence-corrected chi connectivity index (χ1v) is 4.75. The van der Waals surface area contributed by atoms with Gasteiger partial charge in [-0.1, -0.05) is 35.9 Å². The van der Waals surface area contributed by atoms with Gasteiger partial charge in [-0.3, -0.25) is 0 Å². The van der Waals surface area contributed by atoms with Crippen LogP contribution in [-0.4, -0.2) is 6.26 Å². The average Bonchev–Trinajstić information content (AvgIpc) is 2.14. The second-order valence-corrected chi connectivity index (χ2v) is 2.66. The zero-order valence-corrected chi connectivity index (χ0v) is 7.61. The second-order valence-electron chi connectivity index (χ2n) is 2.05. The maximum Gasteiger partial charge on any atom is 0.0255 e. The van der Waals surface area contributed by atoms with Gasteiger partial charge in [-0.05, 0) is 35.5 Å². The predicted molar refractivity (Wildman–Crippen MR) is 54.6 cm³/mol. The number of thioether (sulfide) groups is 1. The summed E-state index contributed by atoms with van der Waals surface area (Å²) in [6, 6.07) is 9.83. The number of rotatable bonds is 0. The number of benzene rings is 1. The van der Waals surface area contributed by atoms with Crippen LogP contribution in [0.25, 0.3) is 0 Å². The van der Waals surface area contributed by atoms with Crippen molar-refractivity contribution in [3.8, 4) is 23.0 Å². The van der Waals surface area contributed by atoms with Crippen LogP contribution in [0.15, 0.2) is 30.3 Å². The van der Waals surface area contributed by atoms with E-state index >= 15 is 0 Å². The molecule has 0 amide bonds. The Morgan fingerprint density at radius 3 is 2.50 bits per heavy atom. The summed E-state index contributed by atoms with van der Waals surface area (Å²) in [6.45, 7) is 0. The van der Waals surface area contributed by atoms with Crippen molar-refractivity contribution in [2.75, 3.05) is 6.26 Å². The molecule has 0 saturated carbocycles. The van der Waals surface area contributed by atoms with Gasteiger partial charge in [-0.2, -0.15) is 0 Å². The molecule has 0 fully saturated rings. The lowest BCUT2D eigenvalue weighted by atomic mass is 10.2. The van der Waals surface area contributed by atoms with Crippen LogP contribution < -0.4 is 0 Å². The summed E-state index contributed by atoms with van der Waals surface area (Å²) in [7, 11) is 0. The van der Waals surface area contributed by atoms with Crippen molar-refractivity contribution in [2.45, 2.75) is 0 Å². The minimum absolute atomic E-state index is 1.01. The van der Waals surface area contributed by atoms with Crippen LogP contribution in [0.3, 0.4) is 0 Å². The third-order valence-electron chi connectivity index (χ3n) is 1.20.